The molecule has 1 atom stereocenters. The zero-order valence-corrected chi connectivity index (χ0v) is 19.9. The second-order valence-corrected chi connectivity index (χ2v) is 9.99. The predicted octanol–water partition coefficient (Wildman–Crippen LogP) is 4.10. The lowest BCUT2D eigenvalue weighted by Gasteiger charge is -2.34. The average molecular weight is 458 g/mol. The molecule has 0 bridgehead atoms. The molecule has 0 unspecified atom stereocenters. The first-order chi connectivity index (χ1) is 15.5. The van der Waals surface area contributed by atoms with Crippen LogP contribution in [0.15, 0.2) is 24.5 Å². The van der Waals surface area contributed by atoms with Gasteiger partial charge < -0.3 is 10.6 Å². The number of carbonyl (C=O) groups excluding carboxylic acids is 1. The van der Waals surface area contributed by atoms with E-state index in [9.17, 15) is 9.18 Å². The van der Waals surface area contributed by atoms with Gasteiger partial charge in [0.25, 0.3) is 0 Å². The second-order valence-electron chi connectivity index (χ2n) is 9.99. The van der Waals surface area contributed by atoms with Gasteiger partial charge in [0.15, 0.2) is 11.6 Å². The molecular weight excluding hydrogens is 425 g/mol. The summed E-state index contributed by atoms with van der Waals surface area (Å²) < 4.78 is 14.7. The van der Waals surface area contributed by atoms with Gasteiger partial charge in [-0.15, -0.1) is 5.23 Å². The van der Waals surface area contributed by atoms with Crippen LogP contribution in [0.2, 0.25) is 0 Å². The highest BCUT2D eigenvalue weighted by Gasteiger charge is 2.51. The summed E-state index contributed by atoms with van der Waals surface area (Å²) >= 11 is 0. The number of ketones is 1. The molecule has 4 heterocycles. The molecule has 8 nitrogen and oxygen atoms in total. The molecule has 0 amide bonds. The van der Waals surface area contributed by atoms with Crippen molar-refractivity contribution in [3.05, 3.63) is 41.6 Å². The van der Waals surface area contributed by atoms with Gasteiger partial charge in [0.05, 0.1) is 5.69 Å². The Morgan fingerprint density at radius 3 is 2.64 bits per heavy atom. The van der Waals surface area contributed by atoms with Crippen LogP contribution >= 0.6 is 0 Å². The fourth-order valence-corrected chi connectivity index (χ4v) is 4.11. The van der Waals surface area contributed by atoms with Crippen molar-refractivity contribution in [1.29, 1.82) is 0 Å². The summed E-state index contributed by atoms with van der Waals surface area (Å²) in [6.07, 6.45) is 5.79. The molecule has 2 aliphatic rings. The minimum Gasteiger partial charge on any atom is -0.397 e. The van der Waals surface area contributed by atoms with Gasteiger partial charge >= 0.3 is 0 Å². The quantitative estimate of drug-likeness (QED) is 0.671. The normalized spacial score (nSPS) is 21.9. The summed E-state index contributed by atoms with van der Waals surface area (Å²) in [5, 5.41) is 0.941. The second kappa shape index (κ2) is 8.53. The van der Waals surface area contributed by atoms with E-state index in [0.717, 1.165) is 42.1 Å². The van der Waals surface area contributed by atoms with Crippen molar-refractivity contribution in [1.82, 2.24) is 9.97 Å². The summed E-state index contributed by atoms with van der Waals surface area (Å²) in [7, 11) is 0. The zero-order chi connectivity index (χ0) is 24.0. The average Bonchev–Trinajstić information content (AvgIpc) is 2.95. The number of hydrogen-bond acceptors (Lipinski definition) is 8. The van der Waals surface area contributed by atoms with E-state index in [4.69, 9.17) is 15.4 Å². The molecule has 0 aliphatic carbocycles. The lowest BCUT2D eigenvalue weighted by atomic mass is 9.90. The van der Waals surface area contributed by atoms with Gasteiger partial charge in [0, 0.05) is 49.2 Å². The van der Waals surface area contributed by atoms with Crippen LogP contribution in [0.4, 0.5) is 21.6 Å². The first-order valence-electron chi connectivity index (χ1n) is 11.3. The maximum absolute atomic E-state index is 14.7. The Balaban J connectivity index is 1.61. The summed E-state index contributed by atoms with van der Waals surface area (Å²) in [5.41, 5.74) is 6.25. The van der Waals surface area contributed by atoms with Gasteiger partial charge in [0.2, 0.25) is 5.82 Å². The number of pyridine rings is 2. The molecule has 2 fully saturated rings. The molecular formula is C24H32FN5O3. The Labute approximate surface area is 193 Å². The Hall–Kier alpha value is -2.78. The predicted molar refractivity (Wildman–Crippen MR) is 124 cm³/mol. The van der Waals surface area contributed by atoms with Gasteiger partial charge in [-0.3, -0.25) is 9.78 Å². The molecule has 2 N–H and O–H groups in total. The first kappa shape index (κ1) is 23.4. The van der Waals surface area contributed by atoms with Crippen LogP contribution in [0.1, 0.15) is 63.5 Å². The molecule has 0 saturated carbocycles. The van der Waals surface area contributed by atoms with E-state index in [1.54, 1.807) is 12.4 Å². The summed E-state index contributed by atoms with van der Waals surface area (Å²) in [6.45, 7) is 11.4. The van der Waals surface area contributed by atoms with Crippen LogP contribution < -0.4 is 15.9 Å². The summed E-state index contributed by atoms with van der Waals surface area (Å²) in [4.78, 5) is 35.5. The number of halogens is 1. The number of Topliss-reactive ketones (excluding diaryl/α,β-unsaturated/α-hetero) is 1. The number of nitrogens with zero attached hydrogens (tertiary/aromatic N) is 4. The van der Waals surface area contributed by atoms with E-state index in [0.29, 0.717) is 5.92 Å². The Morgan fingerprint density at radius 2 is 1.97 bits per heavy atom. The van der Waals surface area contributed by atoms with Crippen molar-refractivity contribution >= 4 is 23.0 Å². The minimum atomic E-state index is -0.734. The van der Waals surface area contributed by atoms with Crippen LogP contribution in [0.25, 0.3) is 0 Å². The van der Waals surface area contributed by atoms with Crippen molar-refractivity contribution < 1.29 is 18.9 Å². The van der Waals surface area contributed by atoms with E-state index >= 15 is 0 Å². The van der Waals surface area contributed by atoms with Gasteiger partial charge in [-0.1, -0.05) is 6.92 Å². The largest absolute Gasteiger partial charge is 0.397 e. The number of piperidine rings is 1. The molecule has 2 saturated heterocycles. The van der Waals surface area contributed by atoms with Crippen LogP contribution in [-0.4, -0.2) is 40.0 Å². The molecule has 9 heteroatoms. The Morgan fingerprint density at radius 1 is 1.27 bits per heavy atom. The topological polar surface area (TPSA) is 93.8 Å². The zero-order valence-electron chi connectivity index (χ0n) is 19.9. The van der Waals surface area contributed by atoms with Crippen LogP contribution in [0, 0.1) is 11.7 Å². The molecule has 0 radical (unpaired) electrons. The van der Waals surface area contributed by atoms with E-state index in [1.807, 2.05) is 33.8 Å². The smallest absolute Gasteiger partial charge is 0.220 e. The van der Waals surface area contributed by atoms with Crippen molar-refractivity contribution in [2.75, 3.05) is 28.9 Å². The highest BCUT2D eigenvalue weighted by atomic mass is 19.1. The standard InChI is InChI=1S/C24H32FN5O3/c1-15-7-6-10-29(14-15)19-8-9-27-13-16(19)11-20(31)21-18(26)12-17(25)22(28-21)30-32-23(2,3)24(4,5)33-30/h8-9,12-13,15H,6-7,10-11,14,26H2,1-5H3/t15-/m0/s1. The Kier molecular flexibility index (Phi) is 6.05. The number of aromatic nitrogens is 2. The van der Waals surface area contributed by atoms with Crippen molar-refractivity contribution in [2.45, 2.75) is 65.1 Å². The van der Waals surface area contributed by atoms with E-state index < -0.39 is 17.0 Å². The third-order valence-electron chi connectivity index (χ3n) is 6.72. The number of nitrogens with two attached hydrogens (primary N) is 1. The molecule has 178 valence electrons. The number of carbonyl (C=O) groups is 1. The van der Waals surface area contributed by atoms with Gasteiger partial charge in [-0.25, -0.2) is 19.0 Å². The maximum Gasteiger partial charge on any atom is 0.220 e. The molecule has 0 spiro atoms. The molecule has 2 aromatic rings. The highest BCUT2D eigenvalue weighted by Crippen LogP contribution is 2.40. The molecule has 33 heavy (non-hydrogen) atoms. The molecule has 4 rings (SSSR count). The fourth-order valence-electron chi connectivity index (χ4n) is 4.11. The summed E-state index contributed by atoms with van der Waals surface area (Å²) in [6, 6.07) is 3.01. The lowest BCUT2D eigenvalue weighted by Crippen LogP contribution is -2.41. The first-order valence-corrected chi connectivity index (χ1v) is 11.3. The van der Waals surface area contributed by atoms with Crippen molar-refractivity contribution in [2.24, 2.45) is 5.92 Å². The monoisotopic (exact) mass is 457 g/mol. The van der Waals surface area contributed by atoms with Crippen molar-refractivity contribution in [3.8, 4) is 0 Å². The number of anilines is 3. The number of hydrogen-bond donors (Lipinski definition) is 1. The van der Waals surface area contributed by atoms with E-state index in [-0.39, 0.29) is 29.4 Å². The maximum atomic E-state index is 14.7. The SMILES string of the molecule is C[C@H]1CCCN(c2ccncc2CC(=O)c2nc(N3OC(C)(C)C(C)(C)O3)c(F)cc2N)C1. The van der Waals surface area contributed by atoms with Gasteiger partial charge in [-0.05, 0) is 52.5 Å². The third-order valence-corrected chi connectivity index (χ3v) is 6.72. The van der Waals surface area contributed by atoms with Gasteiger partial charge in [0.1, 0.15) is 16.9 Å². The van der Waals surface area contributed by atoms with Gasteiger partial charge in [-0.2, -0.15) is 0 Å². The number of nitrogen functional groups attached to an aromatic ring is 1. The van der Waals surface area contributed by atoms with Crippen molar-refractivity contribution in [3.63, 3.8) is 0 Å². The van der Waals surface area contributed by atoms with E-state index in [2.05, 4.69) is 21.8 Å². The minimum absolute atomic E-state index is 0.0251. The fraction of sp³-hybridized carbons (Fsp3) is 0.542. The number of rotatable bonds is 5. The molecule has 0 aromatic carbocycles. The lowest BCUT2D eigenvalue weighted by molar-refractivity contribution is -0.0307. The van der Waals surface area contributed by atoms with E-state index in [1.165, 1.54) is 6.42 Å². The third kappa shape index (κ3) is 4.52. The van der Waals surface area contributed by atoms with Crippen LogP contribution in [-0.2, 0) is 16.1 Å². The highest BCUT2D eigenvalue weighted by molar-refractivity contribution is 6.01. The Bertz CT molecular complexity index is 1040. The summed E-state index contributed by atoms with van der Waals surface area (Å²) in [5.74, 6) is -0.712. The molecule has 2 aliphatic heterocycles. The van der Waals surface area contributed by atoms with Crippen LogP contribution in [0.5, 0.6) is 0 Å². The molecule has 2 aromatic heterocycles. The van der Waals surface area contributed by atoms with Crippen LogP contribution in [0.3, 0.4) is 0 Å².